The van der Waals surface area contributed by atoms with E-state index < -0.39 is 6.10 Å². The zero-order chi connectivity index (χ0) is 22.5. The van der Waals surface area contributed by atoms with Crippen LogP contribution in [0.5, 0.6) is 5.75 Å². The number of carbonyl (C=O) groups is 1. The lowest BCUT2D eigenvalue weighted by Crippen LogP contribution is -2.53. The summed E-state index contributed by atoms with van der Waals surface area (Å²) in [6, 6.07) is 12.0. The Hall–Kier alpha value is -2.75. The van der Waals surface area contributed by atoms with Gasteiger partial charge >= 0.3 is 6.03 Å². The van der Waals surface area contributed by atoms with Gasteiger partial charge in [-0.2, -0.15) is 0 Å². The Bertz CT molecular complexity index is 1070. The van der Waals surface area contributed by atoms with Gasteiger partial charge in [-0.1, -0.05) is 18.2 Å². The average molecular weight is 459 g/mol. The van der Waals surface area contributed by atoms with Crippen LogP contribution in [0.25, 0.3) is 10.2 Å². The van der Waals surface area contributed by atoms with Crippen LogP contribution < -0.4 is 10.1 Å². The molecule has 7 nitrogen and oxygen atoms in total. The summed E-state index contributed by atoms with van der Waals surface area (Å²) in [7, 11) is 0. The molecule has 3 aromatic rings. The highest BCUT2D eigenvalue weighted by molar-refractivity contribution is 7.18. The summed E-state index contributed by atoms with van der Waals surface area (Å²) in [5, 5.41) is 14.2. The van der Waals surface area contributed by atoms with Crippen molar-refractivity contribution in [3.05, 3.63) is 58.9 Å². The van der Waals surface area contributed by atoms with Gasteiger partial charge in [0, 0.05) is 50.9 Å². The summed E-state index contributed by atoms with van der Waals surface area (Å²) in [6.07, 6.45) is -0.635. The van der Waals surface area contributed by atoms with Crippen LogP contribution in [0, 0.1) is 12.7 Å². The Kier molecular flexibility index (Phi) is 7.19. The first kappa shape index (κ1) is 22.4. The van der Waals surface area contributed by atoms with Crippen molar-refractivity contribution in [2.24, 2.45) is 0 Å². The first-order valence-corrected chi connectivity index (χ1v) is 11.5. The lowest BCUT2D eigenvalue weighted by Gasteiger charge is -2.35. The van der Waals surface area contributed by atoms with Gasteiger partial charge in [-0.15, -0.1) is 11.3 Å². The molecule has 0 aliphatic carbocycles. The molecule has 9 heteroatoms. The van der Waals surface area contributed by atoms with E-state index in [1.54, 1.807) is 34.4 Å². The molecule has 0 spiro atoms. The van der Waals surface area contributed by atoms with E-state index in [1.807, 2.05) is 25.1 Å². The van der Waals surface area contributed by atoms with E-state index in [0.717, 1.165) is 15.2 Å². The Labute approximate surface area is 190 Å². The second-order valence-electron chi connectivity index (χ2n) is 7.87. The molecule has 4 rings (SSSR count). The number of aryl methyl sites for hydroxylation is 1. The summed E-state index contributed by atoms with van der Waals surface area (Å²) in [5.41, 5.74) is 1.37. The number of rotatable bonds is 7. The second kappa shape index (κ2) is 10.2. The molecule has 1 aliphatic rings. The van der Waals surface area contributed by atoms with Crippen LogP contribution in [-0.4, -0.2) is 71.4 Å². The van der Waals surface area contributed by atoms with Gasteiger partial charge in [0.25, 0.3) is 0 Å². The fourth-order valence-corrected chi connectivity index (χ4v) is 4.52. The van der Waals surface area contributed by atoms with E-state index in [0.29, 0.717) is 44.0 Å². The van der Waals surface area contributed by atoms with E-state index in [9.17, 15) is 14.3 Å². The fourth-order valence-electron chi connectivity index (χ4n) is 3.71. The van der Waals surface area contributed by atoms with Gasteiger partial charge < -0.3 is 20.1 Å². The number of thiazole rings is 1. The number of benzene rings is 2. The molecule has 0 saturated carbocycles. The Balaban J connectivity index is 1.17. The van der Waals surface area contributed by atoms with Gasteiger partial charge in [0.05, 0.1) is 15.2 Å². The third-order valence-corrected chi connectivity index (χ3v) is 6.38. The predicted molar refractivity (Wildman–Crippen MR) is 123 cm³/mol. The molecule has 2 amide bonds. The normalized spacial score (nSPS) is 15.7. The van der Waals surface area contributed by atoms with Crippen LogP contribution >= 0.6 is 11.3 Å². The van der Waals surface area contributed by atoms with Crippen molar-refractivity contribution in [1.29, 1.82) is 0 Å². The van der Waals surface area contributed by atoms with Crippen LogP contribution in [0.4, 0.5) is 9.18 Å². The Morgan fingerprint density at radius 1 is 1.25 bits per heavy atom. The van der Waals surface area contributed by atoms with Gasteiger partial charge in [-0.25, -0.2) is 14.2 Å². The summed E-state index contributed by atoms with van der Waals surface area (Å²) >= 11 is 1.64. The molecule has 2 aromatic carbocycles. The van der Waals surface area contributed by atoms with Gasteiger partial charge in [-0.3, -0.25) is 4.90 Å². The minimum Gasteiger partial charge on any atom is -0.491 e. The number of hydrogen-bond acceptors (Lipinski definition) is 6. The number of halogens is 1. The molecule has 1 aliphatic heterocycles. The van der Waals surface area contributed by atoms with Crippen molar-refractivity contribution in [3.63, 3.8) is 0 Å². The van der Waals surface area contributed by atoms with E-state index in [-0.39, 0.29) is 25.0 Å². The first-order valence-electron chi connectivity index (χ1n) is 10.6. The lowest BCUT2D eigenvalue weighted by atomic mass is 10.2. The molecule has 1 atom stereocenters. The fraction of sp³-hybridized carbons (Fsp3) is 0.391. The monoisotopic (exact) mass is 458 g/mol. The summed E-state index contributed by atoms with van der Waals surface area (Å²) in [5.74, 6) is 0.369. The third kappa shape index (κ3) is 5.73. The number of nitrogens with one attached hydrogen (secondary N) is 1. The number of aliphatic hydroxyl groups is 1. The second-order valence-corrected chi connectivity index (χ2v) is 9.10. The van der Waals surface area contributed by atoms with Gasteiger partial charge in [-0.05, 0) is 25.1 Å². The van der Waals surface area contributed by atoms with Crippen LogP contribution in [0.3, 0.4) is 0 Å². The number of amides is 2. The highest BCUT2D eigenvalue weighted by Crippen LogP contribution is 2.25. The number of β-amino-alcohol motifs (C(OH)–C–C–N with tert-alkyl or cyclic N) is 1. The number of aromatic nitrogens is 1. The highest BCUT2D eigenvalue weighted by atomic mass is 32.1. The Morgan fingerprint density at radius 3 is 2.81 bits per heavy atom. The number of ether oxygens (including phenoxy) is 1. The van der Waals surface area contributed by atoms with Crippen molar-refractivity contribution < 1.29 is 19.0 Å². The maximum absolute atomic E-state index is 13.7. The van der Waals surface area contributed by atoms with E-state index in [1.165, 1.54) is 6.07 Å². The minimum absolute atomic E-state index is 0.161. The number of fused-ring (bicyclic) bond motifs is 1. The smallest absolute Gasteiger partial charge is 0.317 e. The molecule has 2 N–H and O–H groups in total. The zero-order valence-electron chi connectivity index (χ0n) is 18.0. The molecule has 32 heavy (non-hydrogen) atoms. The standard InChI is InChI=1S/C23H27FN4O3S/c1-16-26-21-12-19(6-7-22(21)32-16)31-15-18(29)14-27-8-10-28(11-9-27)23(30)25-13-17-4-2-3-5-20(17)24/h2-7,12,18,29H,8-11,13-15H2,1H3,(H,25,30)/t18-/m1/s1. The molecule has 1 saturated heterocycles. The quantitative estimate of drug-likeness (QED) is 0.569. The minimum atomic E-state index is -0.635. The van der Waals surface area contributed by atoms with Crippen LogP contribution in [0.1, 0.15) is 10.6 Å². The molecule has 0 unspecified atom stereocenters. The summed E-state index contributed by atoms with van der Waals surface area (Å²) < 4.78 is 20.6. The summed E-state index contributed by atoms with van der Waals surface area (Å²) in [6.45, 7) is 5.23. The molecule has 170 valence electrons. The molecule has 0 radical (unpaired) electrons. The lowest BCUT2D eigenvalue weighted by molar-refractivity contribution is 0.0516. The highest BCUT2D eigenvalue weighted by Gasteiger charge is 2.22. The van der Waals surface area contributed by atoms with Crippen molar-refractivity contribution in [3.8, 4) is 5.75 Å². The number of urea groups is 1. The Morgan fingerprint density at radius 2 is 2.03 bits per heavy atom. The topological polar surface area (TPSA) is 77.9 Å². The van der Waals surface area contributed by atoms with Gasteiger partial charge in [0.2, 0.25) is 0 Å². The number of aliphatic hydroxyl groups excluding tert-OH is 1. The van der Waals surface area contributed by atoms with Crippen LogP contribution in [0.2, 0.25) is 0 Å². The van der Waals surface area contributed by atoms with Crippen molar-refractivity contribution in [1.82, 2.24) is 20.1 Å². The van der Waals surface area contributed by atoms with Crippen molar-refractivity contribution >= 4 is 27.6 Å². The summed E-state index contributed by atoms with van der Waals surface area (Å²) in [4.78, 5) is 20.7. The largest absolute Gasteiger partial charge is 0.491 e. The SMILES string of the molecule is Cc1nc2cc(OC[C@H](O)CN3CCN(C(=O)NCc4ccccc4F)CC3)ccc2s1. The number of hydrogen-bond donors (Lipinski definition) is 2. The van der Waals surface area contributed by atoms with Crippen LogP contribution in [0.15, 0.2) is 42.5 Å². The maximum Gasteiger partial charge on any atom is 0.317 e. The van der Waals surface area contributed by atoms with Gasteiger partial charge in [0.15, 0.2) is 0 Å². The third-order valence-electron chi connectivity index (χ3n) is 5.42. The molecule has 0 bridgehead atoms. The molecule has 2 heterocycles. The molecule has 1 fully saturated rings. The predicted octanol–water partition coefficient (Wildman–Crippen LogP) is 3.01. The van der Waals surface area contributed by atoms with Crippen LogP contribution in [-0.2, 0) is 6.54 Å². The average Bonchev–Trinajstić information content (AvgIpc) is 3.16. The van der Waals surface area contributed by atoms with Crippen molar-refractivity contribution in [2.75, 3.05) is 39.3 Å². The maximum atomic E-state index is 13.7. The van der Waals surface area contributed by atoms with Gasteiger partial charge in [0.1, 0.15) is 24.3 Å². The van der Waals surface area contributed by atoms with Crippen molar-refractivity contribution in [2.45, 2.75) is 19.6 Å². The zero-order valence-corrected chi connectivity index (χ0v) is 18.8. The van der Waals surface area contributed by atoms with E-state index in [4.69, 9.17) is 4.74 Å². The van der Waals surface area contributed by atoms with E-state index >= 15 is 0 Å². The number of piperazine rings is 1. The molecule has 1 aromatic heterocycles. The first-order chi connectivity index (χ1) is 15.5. The number of carbonyl (C=O) groups excluding carboxylic acids is 1. The molecular weight excluding hydrogens is 431 g/mol. The van der Waals surface area contributed by atoms with E-state index in [2.05, 4.69) is 15.2 Å². The molecular formula is C23H27FN4O3S. The number of nitrogens with zero attached hydrogens (tertiary/aromatic N) is 3.